The van der Waals surface area contributed by atoms with E-state index in [-0.39, 0.29) is 28.2 Å². The Morgan fingerprint density at radius 1 is 1.64 bits per heavy atom. The van der Waals surface area contributed by atoms with Gasteiger partial charge in [-0.2, -0.15) is 0 Å². The molecule has 14 heavy (non-hydrogen) atoms. The molecule has 0 saturated heterocycles. The maximum Gasteiger partial charge on any atom is 0.340 e. The molecule has 0 saturated carbocycles. The van der Waals surface area contributed by atoms with Gasteiger partial charge in [-0.1, -0.05) is 23.2 Å². The van der Waals surface area contributed by atoms with E-state index >= 15 is 0 Å². The lowest BCUT2D eigenvalue weighted by Crippen LogP contribution is -2.09. The Kier molecular flexibility index (Phi) is 3.55. The quantitative estimate of drug-likeness (QED) is 0.630. The molecule has 0 aliphatic heterocycles. The number of anilines is 1. The zero-order valence-electron chi connectivity index (χ0n) is 7.38. The normalized spacial score (nSPS) is 9.93. The van der Waals surface area contributed by atoms with Crippen LogP contribution in [-0.2, 0) is 4.74 Å². The highest BCUT2D eigenvalue weighted by molar-refractivity contribution is 6.35. The molecule has 0 aliphatic rings. The number of carbonyl (C=O) groups excluding carboxylic acids is 1. The number of esters is 1. The van der Waals surface area contributed by atoms with Crippen LogP contribution in [0.15, 0.2) is 6.07 Å². The second-order valence-corrected chi connectivity index (χ2v) is 3.16. The average Bonchev–Trinajstić information content (AvgIpc) is 2.11. The molecule has 0 fully saturated rings. The summed E-state index contributed by atoms with van der Waals surface area (Å²) in [6.45, 7) is 1.95. The largest absolute Gasteiger partial charge is 0.462 e. The van der Waals surface area contributed by atoms with Crippen molar-refractivity contribution in [1.29, 1.82) is 0 Å². The van der Waals surface area contributed by atoms with Crippen LogP contribution in [0.25, 0.3) is 0 Å². The van der Waals surface area contributed by atoms with Gasteiger partial charge in [-0.25, -0.2) is 9.78 Å². The Balaban J connectivity index is 3.13. The first kappa shape index (κ1) is 11.1. The molecular weight excluding hydrogens is 227 g/mol. The summed E-state index contributed by atoms with van der Waals surface area (Å²) in [4.78, 5) is 15.0. The van der Waals surface area contributed by atoms with E-state index in [9.17, 15) is 4.79 Å². The van der Waals surface area contributed by atoms with Crippen LogP contribution in [0.4, 0.5) is 5.69 Å². The van der Waals surface area contributed by atoms with Crippen molar-refractivity contribution in [3.63, 3.8) is 0 Å². The molecule has 4 nitrogen and oxygen atoms in total. The highest BCUT2D eigenvalue weighted by Crippen LogP contribution is 2.24. The first-order valence-corrected chi connectivity index (χ1v) is 4.60. The molecule has 2 N–H and O–H groups in total. The Bertz CT molecular complexity index is 369. The topological polar surface area (TPSA) is 65.2 Å². The van der Waals surface area contributed by atoms with E-state index in [1.807, 2.05) is 0 Å². The monoisotopic (exact) mass is 234 g/mol. The highest BCUT2D eigenvalue weighted by Gasteiger charge is 2.15. The van der Waals surface area contributed by atoms with Gasteiger partial charge in [-0.3, -0.25) is 0 Å². The second-order valence-electron chi connectivity index (χ2n) is 2.42. The zero-order valence-corrected chi connectivity index (χ0v) is 8.89. The highest BCUT2D eigenvalue weighted by atomic mass is 35.5. The molecular formula is C8H8Cl2N2O2. The van der Waals surface area contributed by atoms with Crippen LogP contribution >= 0.6 is 23.2 Å². The Labute approximate surface area is 91.0 Å². The van der Waals surface area contributed by atoms with Gasteiger partial charge in [-0.15, -0.1) is 0 Å². The van der Waals surface area contributed by atoms with E-state index in [0.717, 1.165) is 0 Å². The predicted octanol–water partition coefficient (Wildman–Crippen LogP) is 2.15. The van der Waals surface area contributed by atoms with E-state index < -0.39 is 5.97 Å². The summed E-state index contributed by atoms with van der Waals surface area (Å²) in [5.74, 6) is -0.559. The van der Waals surface area contributed by atoms with Gasteiger partial charge in [0.25, 0.3) is 0 Å². The van der Waals surface area contributed by atoms with Crippen molar-refractivity contribution < 1.29 is 9.53 Å². The Morgan fingerprint density at radius 2 is 2.29 bits per heavy atom. The molecule has 1 heterocycles. The second kappa shape index (κ2) is 4.48. The molecule has 0 aromatic carbocycles. The molecule has 0 atom stereocenters. The van der Waals surface area contributed by atoms with Crippen molar-refractivity contribution in [2.24, 2.45) is 0 Å². The third kappa shape index (κ3) is 2.27. The molecule has 0 radical (unpaired) electrons. The fraction of sp³-hybridized carbons (Fsp3) is 0.250. The van der Waals surface area contributed by atoms with Crippen LogP contribution in [0.2, 0.25) is 10.3 Å². The number of carbonyl (C=O) groups is 1. The third-order valence-corrected chi connectivity index (χ3v) is 1.96. The maximum atomic E-state index is 11.3. The van der Waals surface area contributed by atoms with Gasteiger partial charge in [0.2, 0.25) is 0 Å². The van der Waals surface area contributed by atoms with Gasteiger partial charge in [0.15, 0.2) is 5.15 Å². The first-order valence-electron chi connectivity index (χ1n) is 3.85. The molecule has 0 spiro atoms. The fourth-order valence-electron chi connectivity index (χ4n) is 0.872. The molecule has 0 aliphatic carbocycles. The van der Waals surface area contributed by atoms with Crippen molar-refractivity contribution >= 4 is 34.9 Å². The van der Waals surface area contributed by atoms with Gasteiger partial charge in [0.05, 0.1) is 17.9 Å². The van der Waals surface area contributed by atoms with Crippen LogP contribution in [0, 0.1) is 0 Å². The minimum Gasteiger partial charge on any atom is -0.462 e. The summed E-state index contributed by atoms with van der Waals surface area (Å²) in [6, 6.07) is 1.32. The summed E-state index contributed by atoms with van der Waals surface area (Å²) in [6.07, 6.45) is 0. The third-order valence-electron chi connectivity index (χ3n) is 1.48. The standard InChI is InChI=1S/C8H8Cl2N2O2/c1-2-14-8(13)4-3-5(9)12-7(10)6(4)11/h3H,2,11H2,1H3. The van der Waals surface area contributed by atoms with E-state index in [1.54, 1.807) is 6.92 Å². The van der Waals surface area contributed by atoms with Gasteiger partial charge in [0.1, 0.15) is 5.15 Å². The zero-order chi connectivity index (χ0) is 10.7. The molecule has 0 unspecified atom stereocenters. The van der Waals surface area contributed by atoms with Crippen LogP contribution in [0.1, 0.15) is 17.3 Å². The average molecular weight is 235 g/mol. The maximum absolute atomic E-state index is 11.3. The van der Waals surface area contributed by atoms with Crippen LogP contribution in [0.3, 0.4) is 0 Å². The lowest BCUT2D eigenvalue weighted by atomic mass is 10.2. The number of hydrogen-bond acceptors (Lipinski definition) is 4. The SMILES string of the molecule is CCOC(=O)c1cc(Cl)nc(Cl)c1N. The minimum absolute atomic E-state index is 0.000512. The van der Waals surface area contributed by atoms with E-state index in [1.165, 1.54) is 6.07 Å². The molecule has 1 rings (SSSR count). The molecule has 0 amide bonds. The van der Waals surface area contributed by atoms with E-state index in [4.69, 9.17) is 33.7 Å². The number of rotatable bonds is 2. The van der Waals surface area contributed by atoms with Crippen molar-refractivity contribution in [2.45, 2.75) is 6.92 Å². The molecule has 1 aromatic rings. The number of nitrogens with zero attached hydrogens (tertiary/aromatic N) is 1. The lowest BCUT2D eigenvalue weighted by molar-refractivity contribution is 0.0527. The number of ether oxygens (including phenoxy) is 1. The number of hydrogen-bond donors (Lipinski definition) is 1. The lowest BCUT2D eigenvalue weighted by Gasteiger charge is -2.06. The number of nitrogen functional groups attached to an aromatic ring is 1. The van der Waals surface area contributed by atoms with Crippen LogP contribution < -0.4 is 5.73 Å². The number of pyridine rings is 1. The van der Waals surface area contributed by atoms with Gasteiger partial charge in [-0.05, 0) is 13.0 Å². The Hall–Kier alpha value is -1.00. The summed E-state index contributed by atoms with van der Waals surface area (Å²) in [7, 11) is 0. The number of aromatic nitrogens is 1. The van der Waals surface area contributed by atoms with E-state index in [2.05, 4.69) is 4.98 Å². The van der Waals surface area contributed by atoms with Crippen molar-refractivity contribution in [2.75, 3.05) is 12.3 Å². The molecule has 76 valence electrons. The first-order chi connectivity index (χ1) is 6.56. The fourth-order valence-corrected chi connectivity index (χ4v) is 1.30. The van der Waals surface area contributed by atoms with Crippen molar-refractivity contribution in [3.05, 3.63) is 21.9 Å². The predicted molar refractivity (Wildman–Crippen MR) is 54.6 cm³/mol. The summed E-state index contributed by atoms with van der Waals surface area (Å²) < 4.78 is 4.75. The minimum atomic E-state index is -0.559. The molecule has 0 bridgehead atoms. The van der Waals surface area contributed by atoms with Crippen molar-refractivity contribution in [1.82, 2.24) is 4.98 Å². The van der Waals surface area contributed by atoms with Crippen molar-refractivity contribution in [3.8, 4) is 0 Å². The Morgan fingerprint density at radius 3 is 2.86 bits per heavy atom. The number of nitrogens with two attached hydrogens (primary N) is 1. The molecule has 1 aromatic heterocycles. The summed E-state index contributed by atoms with van der Waals surface area (Å²) in [5.41, 5.74) is 5.74. The van der Waals surface area contributed by atoms with Gasteiger partial charge >= 0.3 is 5.97 Å². The summed E-state index contributed by atoms with van der Waals surface area (Å²) in [5, 5.41) is 0.104. The van der Waals surface area contributed by atoms with Gasteiger partial charge < -0.3 is 10.5 Å². The molecule has 6 heteroatoms. The van der Waals surface area contributed by atoms with Crippen LogP contribution in [0.5, 0.6) is 0 Å². The van der Waals surface area contributed by atoms with Gasteiger partial charge in [0, 0.05) is 0 Å². The van der Waals surface area contributed by atoms with E-state index in [0.29, 0.717) is 0 Å². The smallest absolute Gasteiger partial charge is 0.340 e. The summed E-state index contributed by atoms with van der Waals surface area (Å²) >= 11 is 11.2. The number of halogens is 2. The van der Waals surface area contributed by atoms with Crippen LogP contribution in [-0.4, -0.2) is 17.6 Å².